The van der Waals surface area contributed by atoms with Crippen LogP contribution in [0.3, 0.4) is 0 Å². The Morgan fingerprint density at radius 1 is 0.964 bits per heavy atom. The number of hydrogen-bond donors (Lipinski definition) is 0. The zero-order valence-electron chi connectivity index (χ0n) is 18.4. The van der Waals surface area contributed by atoms with E-state index in [1.165, 1.54) is 44.9 Å². The summed E-state index contributed by atoms with van der Waals surface area (Å²) in [5.74, 6) is 1.51. The van der Waals surface area contributed by atoms with Crippen molar-refractivity contribution in [2.75, 3.05) is 6.61 Å². The van der Waals surface area contributed by atoms with Gasteiger partial charge in [0.1, 0.15) is 11.8 Å². The Hall–Kier alpha value is -1.82. The van der Waals surface area contributed by atoms with Gasteiger partial charge in [-0.1, -0.05) is 72.6 Å². The second kappa shape index (κ2) is 14.2. The summed E-state index contributed by atoms with van der Waals surface area (Å²) < 4.78 is 6.07. The molecule has 156 valence electrons. The van der Waals surface area contributed by atoms with Gasteiger partial charge in [0.2, 0.25) is 0 Å². The molecule has 0 aliphatic rings. The molecular formula is C25H39NO2. The van der Waals surface area contributed by atoms with Crippen LogP contribution in [0.4, 0.5) is 0 Å². The molecule has 0 aromatic heterocycles. The summed E-state index contributed by atoms with van der Waals surface area (Å²) in [5.41, 5.74) is 1.56. The third-order valence-corrected chi connectivity index (χ3v) is 5.74. The highest BCUT2D eigenvalue weighted by Gasteiger charge is 2.13. The lowest BCUT2D eigenvalue weighted by Gasteiger charge is -2.17. The smallest absolute Gasteiger partial charge is 0.262 e. The Morgan fingerprint density at radius 2 is 1.61 bits per heavy atom. The first-order valence-electron chi connectivity index (χ1n) is 11.3. The van der Waals surface area contributed by atoms with E-state index in [2.05, 4.69) is 33.8 Å². The van der Waals surface area contributed by atoms with Crippen LogP contribution in [0.5, 0.6) is 5.75 Å². The Kier molecular flexibility index (Phi) is 12.3. The number of ether oxygens (including phenoxy) is 1. The van der Waals surface area contributed by atoms with Gasteiger partial charge in [-0.05, 0) is 54.9 Å². The number of ketones is 1. The van der Waals surface area contributed by atoms with Crippen molar-refractivity contribution in [2.45, 2.75) is 91.9 Å². The van der Waals surface area contributed by atoms with Gasteiger partial charge in [0, 0.05) is 5.56 Å². The van der Waals surface area contributed by atoms with Crippen molar-refractivity contribution < 1.29 is 9.53 Å². The van der Waals surface area contributed by atoms with Crippen molar-refractivity contribution in [1.29, 1.82) is 5.26 Å². The van der Waals surface area contributed by atoms with Gasteiger partial charge in [-0.3, -0.25) is 4.79 Å². The van der Waals surface area contributed by atoms with Crippen LogP contribution < -0.4 is 4.74 Å². The van der Waals surface area contributed by atoms with E-state index in [0.717, 1.165) is 36.5 Å². The second-order valence-electron chi connectivity index (χ2n) is 7.99. The first kappa shape index (κ1) is 24.2. The molecular weight excluding hydrogens is 346 g/mol. The zero-order chi connectivity index (χ0) is 20.8. The summed E-state index contributed by atoms with van der Waals surface area (Å²) in [7, 11) is 0. The van der Waals surface area contributed by atoms with Crippen LogP contribution in [0.1, 0.15) is 101 Å². The SMILES string of the molecule is CCCCC(CC)CCc1cc(OCC(CC)CCCC)cc(C(=O)C#N)c1. The number of rotatable bonds is 15. The molecule has 1 aromatic carbocycles. The molecule has 0 amide bonds. The van der Waals surface area contributed by atoms with Crippen LogP contribution in [-0.4, -0.2) is 12.4 Å². The Morgan fingerprint density at radius 3 is 2.18 bits per heavy atom. The van der Waals surface area contributed by atoms with E-state index in [1.807, 2.05) is 6.07 Å². The maximum atomic E-state index is 12.0. The fourth-order valence-electron chi connectivity index (χ4n) is 3.61. The number of Topliss-reactive ketones (excluding diaryl/α,β-unsaturated/α-hetero) is 1. The van der Waals surface area contributed by atoms with E-state index >= 15 is 0 Å². The van der Waals surface area contributed by atoms with E-state index in [-0.39, 0.29) is 0 Å². The normalized spacial score (nSPS) is 13.0. The van der Waals surface area contributed by atoms with Gasteiger partial charge in [-0.25, -0.2) is 0 Å². The Bertz CT molecular complexity index is 579. The predicted octanol–water partition coefficient (Wildman–Crippen LogP) is 7.14. The molecule has 2 unspecified atom stereocenters. The largest absolute Gasteiger partial charge is 0.493 e. The first-order chi connectivity index (χ1) is 13.6. The number of carbonyl (C=O) groups is 1. The fraction of sp³-hybridized carbons (Fsp3) is 0.680. The van der Waals surface area contributed by atoms with Crippen LogP contribution in [0.2, 0.25) is 0 Å². The number of unbranched alkanes of at least 4 members (excludes halogenated alkanes) is 2. The van der Waals surface area contributed by atoms with Gasteiger partial charge in [0.15, 0.2) is 0 Å². The van der Waals surface area contributed by atoms with E-state index in [0.29, 0.717) is 18.1 Å². The minimum Gasteiger partial charge on any atom is -0.493 e. The molecule has 2 atom stereocenters. The molecule has 0 bridgehead atoms. The number of nitrogens with zero attached hydrogens (tertiary/aromatic N) is 1. The highest BCUT2D eigenvalue weighted by Crippen LogP contribution is 2.24. The van der Waals surface area contributed by atoms with Crippen molar-refractivity contribution >= 4 is 5.78 Å². The summed E-state index contributed by atoms with van der Waals surface area (Å²) in [6, 6.07) is 7.42. The summed E-state index contributed by atoms with van der Waals surface area (Å²) in [5, 5.41) is 9.04. The fourth-order valence-corrected chi connectivity index (χ4v) is 3.61. The second-order valence-corrected chi connectivity index (χ2v) is 7.99. The standard InChI is InChI=1S/C25H39NO2/c1-5-9-11-20(7-3)13-14-22-15-23(25(27)18-26)17-24(16-22)28-19-21(8-4)12-10-6-2/h15-17,20-21H,5-14,19H2,1-4H3. The molecule has 0 fully saturated rings. The lowest BCUT2D eigenvalue weighted by atomic mass is 9.92. The van der Waals surface area contributed by atoms with Crippen LogP contribution in [0, 0.1) is 23.2 Å². The van der Waals surface area contributed by atoms with Crippen LogP contribution in [0.25, 0.3) is 0 Å². The Labute approximate surface area is 172 Å². The molecule has 0 aliphatic heterocycles. The van der Waals surface area contributed by atoms with E-state index in [1.54, 1.807) is 12.1 Å². The van der Waals surface area contributed by atoms with Crippen LogP contribution in [0.15, 0.2) is 18.2 Å². The average Bonchev–Trinajstić information content (AvgIpc) is 2.73. The molecule has 0 saturated carbocycles. The first-order valence-corrected chi connectivity index (χ1v) is 11.3. The minimum atomic E-state index is -0.484. The predicted molar refractivity (Wildman–Crippen MR) is 117 cm³/mol. The summed E-state index contributed by atoms with van der Waals surface area (Å²) in [6.45, 7) is 9.57. The zero-order valence-corrected chi connectivity index (χ0v) is 18.4. The highest BCUT2D eigenvalue weighted by molar-refractivity contribution is 6.07. The summed E-state index contributed by atoms with van der Waals surface area (Å²) in [4.78, 5) is 12.0. The van der Waals surface area contributed by atoms with Crippen molar-refractivity contribution in [3.8, 4) is 11.8 Å². The number of aryl methyl sites for hydroxylation is 1. The lowest BCUT2D eigenvalue weighted by molar-refractivity contribution is 0.105. The lowest BCUT2D eigenvalue weighted by Crippen LogP contribution is -2.12. The molecule has 3 nitrogen and oxygen atoms in total. The third-order valence-electron chi connectivity index (χ3n) is 5.74. The number of benzene rings is 1. The summed E-state index contributed by atoms with van der Waals surface area (Å²) in [6.07, 6.45) is 11.7. The van der Waals surface area contributed by atoms with Gasteiger partial charge >= 0.3 is 0 Å². The molecule has 0 radical (unpaired) electrons. The van der Waals surface area contributed by atoms with Crippen molar-refractivity contribution in [1.82, 2.24) is 0 Å². The molecule has 1 rings (SSSR count). The van der Waals surface area contributed by atoms with Gasteiger partial charge in [0.05, 0.1) is 6.61 Å². The van der Waals surface area contributed by atoms with Gasteiger partial charge in [0.25, 0.3) is 5.78 Å². The third kappa shape index (κ3) is 8.91. The van der Waals surface area contributed by atoms with E-state index in [9.17, 15) is 4.79 Å². The monoisotopic (exact) mass is 385 g/mol. The molecule has 1 aromatic rings. The maximum absolute atomic E-state index is 12.0. The molecule has 0 aliphatic carbocycles. The molecule has 3 heteroatoms. The van der Waals surface area contributed by atoms with Crippen LogP contribution in [-0.2, 0) is 6.42 Å². The quantitative estimate of drug-likeness (QED) is 0.238. The van der Waals surface area contributed by atoms with Gasteiger partial charge in [-0.15, -0.1) is 0 Å². The number of hydrogen-bond acceptors (Lipinski definition) is 3. The molecule has 28 heavy (non-hydrogen) atoms. The van der Waals surface area contributed by atoms with Gasteiger partial charge in [-0.2, -0.15) is 5.26 Å². The Balaban J connectivity index is 2.84. The van der Waals surface area contributed by atoms with E-state index < -0.39 is 5.78 Å². The highest BCUT2D eigenvalue weighted by atomic mass is 16.5. The molecule has 0 spiro atoms. The molecule has 0 saturated heterocycles. The molecule has 0 N–H and O–H groups in total. The number of nitriles is 1. The average molecular weight is 386 g/mol. The maximum Gasteiger partial charge on any atom is 0.262 e. The van der Waals surface area contributed by atoms with Crippen molar-refractivity contribution in [2.24, 2.45) is 11.8 Å². The van der Waals surface area contributed by atoms with Crippen LogP contribution >= 0.6 is 0 Å². The number of carbonyl (C=O) groups excluding carboxylic acids is 1. The van der Waals surface area contributed by atoms with Gasteiger partial charge < -0.3 is 4.74 Å². The van der Waals surface area contributed by atoms with Crippen molar-refractivity contribution in [3.05, 3.63) is 29.3 Å². The topological polar surface area (TPSA) is 50.1 Å². The minimum absolute atomic E-state index is 0.457. The van der Waals surface area contributed by atoms with Crippen molar-refractivity contribution in [3.63, 3.8) is 0 Å². The summed E-state index contributed by atoms with van der Waals surface area (Å²) >= 11 is 0. The van der Waals surface area contributed by atoms with E-state index in [4.69, 9.17) is 10.00 Å². The molecule has 0 heterocycles.